The van der Waals surface area contributed by atoms with Crippen LogP contribution in [0.3, 0.4) is 0 Å². The van der Waals surface area contributed by atoms with Crippen LogP contribution in [0, 0.1) is 5.92 Å². The Morgan fingerprint density at radius 1 is 1.16 bits per heavy atom. The standard InChI is InChI=1S/C17H20F2N2O4/c1-10(16(24)25)20-14(22)11-2-4-13(5-3-11)21-15(23)12-6-8-17(18,19)9-7-12/h2-5,10,12H,6-9H2,1H3,(H,20,22)(H,21,23)(H,24,25). The maximum absolute atomic E-state index is 13.1. The van der Waals surface area contributed by atoms with Crippen molar-refractivity contribution in [3.63, 3.8) is 0 Å². The van der Waals surface area contributed by atoms with Gasteiger partial charge in [0.15, 0.2) is 0 Å². The van der Waals surface area contributed by atoms with Gasteiger partial charge in [0.25, 0.3) is 5.91 Å². The van der Waals surface area contributed by atoms with Gasteiger partial charge in [0.05, 0.1) is 0 Å². The average Bonchev–Trinajstić information content (AvgIpc) is 2.55. The summed E-state index contributed by atoms with van der Waals surface area (Å²) >= 11 is 0. The van der Waals surface area contributed by atoms with Gasteiger partial charge in [0, 0.05) is 30.0 Å². The molecule has 8 heteroatoms. The molecule has 25 heavy (non-hydrogen) atoms. The van der Waals surface area contributed by atoms with Gasteiger partial charge in [-0.3, -0.25) is 14.4 Å². The first kappa shape index (κ1) is 18.8. The number of aliphatic carboxylic acids is 1. The summed E-state index contributed by atoms with van der Waals surface area (Å²) in [5.74, 6) is -5.12. The largest absolute Gasteiger partial charge is 0.480 e. The monoisotopic (exact) mass is 354 g/mol. The van der Waals surface area contributed by atoms with Crippen LogP contribution in [-0.2, 0) is 9.59 Å². The van der Waals surface area contributed by atoms with Gasteiger partial charge < -0.3 is 15.7 Å². The number of benzene rings is 1. The van der Waals surface area contributed by atoms with Crippen LogP contribution < -0.4 is 10.6 Å². The van der Waals surface area contributed by atoms with Crippen LogP contribution in [0.5, 0.6) is 0 Å². The molecule has 1 aromatic carbocycles. The summed E-state index contributed by atoms with van der Waals surface area (Å²) in [6.45, 7) is 1.35. The highest BCUT2D eigenvalue weighted by Gasteiger charge is 2.37. The van der Waals surface area contributed by atoms with E-state index in [9.17, 15) is 23.2 Å². The number of anilines is 1. The number of carboxylic acid groups (broad SMARTS) is 1. The van der Waals surface area contributed by atoms with Crippen LogP contribution in [0.4, 0.5) is 14.5 Å². The van der Waals surface area contributed by atoms with Crippen LogP contribution in [0.15, 0.2) is 24.3 Å². The Morgan fingerprint density at radius 3 is 2.24 bits per heavy atom. The molecule has 1 aliphatic rings. The van der Waals surface area contributed by atoms with Crippen LogP contribution in [0.2, 0.25) is 0 Å². The number of carboxylic acids is 1. The predicted octanol–water partition coefficient (Wildman–Crippen LogP) is 2.65. The molecule has 0 saturated heterocycles. The summed E-state index contributed by atoms with van der Waals surface area (Å²) in [6.07, 6.45) is -0.281. The molecule has 136 valence electrons. The maximum atomic E-state index is 13.1. The van der Waals surface area contributed by atoms with Gasteiger partial charge in [-0.2, -0.15) is 0 Å². The Balaban J connectivity index is 1.91. The van der Waals surface area contributed by atoms with Gasteiger partial charge in [-0.25, -0.2) is 8.78 Å². The fourth-order valence-corrected chi connectivity index (χ4v) is 2.59. The Bertz CT molecular complexity index is 651. The summed E-state index contributed by atoms with van der Waals surface area (Å²) in [7, 11) is 0. The molecule has 0 bridgehead atoms. The van der Waals surface area contributed by atoms with Crippen LogP contribution in [-0.4, -0.2) is 34.9 Å². The fourth-order valence-electron chi connectivity index (χ4n) is 2.59. The second-order valence-electron chi connectivity index (χ2n) is 6.23. The molecule has 1 atom stereocenters. The number of rotatable bonds is 5. The van der Waals surface area contributed by atoms with E-state index in [0.29, 0.717) is 5.69 Å². The van der Waals surface area contributed by atoms with Gasteiger partial charge in [0.2, 0.25) is 11.8 Å². The zero-order valence-corrected chi connectivity index (χ0v) is 13.7. The van der Waals surface area contributed by atoms with Gasteiger partial charge in [-0.1, -0.05) is 0 Å². The van der Waals surface area contributed by atoms with Gasteiger partial charge in [-0.15, -0.1) is 0 Å². The van der Waals surface area contributed by atoms with Crippen molar-refractivity contribution in [2.45, 2.75) is 44.6 Å². The average molecular weight is 354 g/mol. The zero-order valence-electron chi connectivity index (χ0n) is 13.7. The Morgan fingerprint density at radius 2 is 1.72 bits per heavy atom. The lowest BCUT2D eigenvalue weighted by atomic mass is 9.86. The first-order valence-corrected chi connectivity index (χ1v) is 8.00. The molecule has 6 nitrogen and oxygen atoms in total. The van der Waals surface area contributed by atoms with Crippen molar-refractivity contribution in [3.05, 3.63) is 29.8 Å². The van der Waals surface area contributed by atoms with Crippen LogP contribution in [0.25, 0.3) is 0 Å². The Hall–Kier alpha value is -2.51. The van der Waals surface area contributed by atoms with Crippen molar-refractivity contribution in [1.29, 1.82) is 0 Å². The van der Waals surface area contributed by atoms with E-state index in [-0.39, 0.29) is 37.2 Å². The van der Waals surface area contributed by atoms with E-state index in [1.165, 1.54) is 31.2 Å². The number of carbonyl (C=O) groups is 3. The lowest BCUT2D eigenvalue weighted by molar-refractivity contribution is -0.138. The Kier molecular flexibility index (Phi) is 5.71. The highest BCUT2D eigenvalue weighted by Crippen LogP contribution is 2.36. The highest BCUT2D eigenvalue weighted by molar-refractivity contribution is 5.97. The van der Waals surface area contributed by atoms with E-state index >= 15 is 0 Å². The third kappa shape index (κ3) is 5.23. The molecule has 0 radical (unpaired) electrons. The SMILES string of the molecule is CC(NC(=O)c1ccc(NC(=O)C2CCC(F)(F)CC2)cc1)C(=O)O. The fraction of sp³-hybridized carbons (Fsp3) is 0.471. The summed E-state index contributed by atoms with van der Waals surface area (Å²) in [5, 5.41) is 13.7. The molecule has 0 spiro atoms. The van der Waals surface area contributed by atoms with Crippen molar-refractivity contribution < 1.29 is 28.3 Å². The molecule has 0 aromatic heterocycles. The molecule has 2 rings (SSSR count). The van der Waals surface area contributed by atoms with E-state index in [4.69, 9.17) is 5.11 Å². The first-order valence-electron chi connectivity index (χ1n) is 8.00. The van der Waals surface area contributed by atoms with Crippen LogP contribution in [0.1, 0.15) is 43.0 Å². The summed E-state index contributed by atoms with van der Waals surface area (Å²) in [4.78, 5) is 34.7. The van der Waals surface area contributed by atoms with Crippen molar-refractivity contribution in [3.8, 4) is 0 Å². The lowest BCUT2D eigenvalue weighted by Gasteiger charge is -2.27. The normalized spacial score (nSPS) is 18.2. The van der Waals surface area contributed by atoms with E-state index in [0.717, 1.165) is 0 Å². The van der Waals surface area contributed by atoms with Gasteiger partial charge >= 0.3 is 5.97 Å². The second kappa shape index (κ2) is 7.58. The third-order valence-corrected chi connectivity index (χ3v) is 4.22. The summed E-state index contributed by atoms with van der Waals surface area (Å²) in [6, 6.07) is 4.91. The number of hydrogen-bond acceptors (Lipinski definition) is 3. The van der Waals surface area contributed by atoms with Crippen LogP contribution >= 0.6 is 0 Å². The molecule has 1 aliphatic carbocycles. The number of nitrogens with one attached hydrogen (secondary N) is 2. The minimum Gasteiger partial charge on any atom is -0.480 e. The Labute approximate surface area is 143 Å². The molecule has 1 unspecified atom stereocenters. The smallest absolute Gasteiger partial charge is 0.325 e. The second-order valence-corrected chi connectivity index (χ2v) is 6.23. The quantitative estimate of drug-likeness (QED) is 0.757. The summed E-state index contributed by atoms with van der Waals surface area (Å²) in [5.41, 5.74) is 0.702. The molecule has 2 amide bonds. The molecular formula is C17H20F2N2O4. The minimum absolute atomic E-state index is 0.145. The zero-order chi connectivity index (χ0) is 18.6. The molecule has 1 aromatic rings. The predicted molar refractivity (Wildman–Crippen MR) is 86.5 cm³/mol. The third-order valence-electron chi connectivity index (χ3n) is 4.22. The summed E-state index contributed by atoms with van der Waals surface area (Å²) < 4.78 is 26.2. The molecular weight excluding hydrogens is 334 g/mol. The number of halogens is 2. The highest BCUT2D eigenvalue weighted by atomic mass is 19.3. The number of alkyl halides is 2. The van der Waals surface area contributed by atoms with Gasteiger partial charge in [-0.05, 0) is 44.0 Å². The van der Waals surface area contributed by atoms with Crippen molar-refractivity contribution >= 4 is 23.5 Å². The number of amides is 2. The lowest BCUT2D eigenvalue weighted by Crippen LogP contribution is -2.38. The maximum Gasteiger partial charge on any atom is 0.325 e. The minimum atomic E-state index is -2.68. The topological polar surface area (TPSA) is 95.5 Å². The molecule has 0 heterocycles. The van der Waals surface area contributed by atoms with Gasteiger partial charge in [0.1, 0.15) is 6.04 Å². The van der Waals surface area contributed by atoms with E-state index in [1.807, 2.05) is 0 Å². The van der Waals surface area contributed by atoms with Crippen molar-refractivity contribution in [2.75, 3.05) is 5.32 Å². The van der Waals surface area contributed by atoms with Crippen molar-refractivity contribution in [1.82, 2.24) is 5.32 Å². The molecule has 3 N–H and O–H groups in total. The molecule has 1 fully saturated rings. The van der Waals surface area contributed by atoms with Crippen molar-refractivity contribution in [2.24, 2.45) is 5.92 Å². The van der Waals surface area contributed by atoms with E-state index in [2.05, 4.69) is 10.6 Å². The van der Waals surface area contributed by atoms with E-state index in [1.54, 1.807) is 0 Å². The number of carbonyl (C=O) groups excluding carboxylic acids is 2. The molecule has 0 aliphatic heterocycles. The number of hydrogen-bond donors (Lipinski definition) is 3. The molecule has 1 saturated carbocycles. The first-order chi connectivity index (χ1) is 11.7. The van der Waals surface area contributed by atoms with E-state index < -0.39 is 29.8 Å².